The summed E-state index contributed by atoms with van der Waals surface area (Å²) in [7, 11) is -6.79. The second-order valence-corrected chi connectivity index (χ2v) is 17.1. The lowest BCUT2D eigenvalue weighted by molar-refractivity contribution is -0.123. The normalized spacial score (nSPS) is 20.5. The lowest BCUT2D eigenvalue weighted by Gasteiger charge is -2.47. The van der Waals surface area contributed by atoms with Crippen LogP contribution in [0.3, 0.4) is 0 Å². The summed E-state index contributed by atoms with van der Waals surface area (Å²) in [6.07, 6.45) is 0.903. The minimum atomic E-state index is -3.95. The van der Waals surface area contributed by atoms with E-state index in [1.807, 2.05) is 43.3 Å². The van der Waals surface area contributed by atoms with Crippen molar-refractivity contribution >= 4 is 35.1 Å². The molecule has 1 heterocycles. The molecule has 0 N–H and O–H groups in total. The first kappa shape index (κ1) is 29.4. The van der Waals surface area contributed by atoms with Gasteiger partial charge in [-0.15, -0.1) is 0 Å². The Kier molecular flexibility index (Phi) is 9.24. The highest BCUT2D eigenvalue weighted by molar-refractivity contribution is 7.86. The lowest BCUT2D eigenvalue weighted by atomic mass is 10.00. The third kappa shape index (κ3) is 6.76. The molecule has 1 fully saturated rings. The van der Waals surface area contributed by atoms with E-state index < -0.39 is 24.5 Å². The topological polar surface area (TPSA) is 78.9 Å². The highest BCUT2D eigenvalue weighted by atomic mass is 32.2. The molecule has 0 spiro atoms. The summed E-state index contributed by atoms with van der Waals surface area (Å²) in [5, 5.41) is 2.11. The monoisotopic (exact) mass is 566 g/mol. The molecule has 3 atom stereocenters. The lowest BCUT2D eigenvalue weighted by Crippen LogP contribution is -2.68. The van der Waals surface area contributed by atoms with Crippen LogP contribution in [0.25, 0.3) is 0 Å². The van der Waals surface area contributed by atoms with Crippen molar-refractivity contribution in [3.8, 4) is 0 Å². The van der Waals surface area contributed by atoms with E-state index in [1.54, 1.807) is 12.1 Å². The van der Waals surface area contributed by atoms with E-state index in [0.29, 0.717) is 12.8 Å². The first-order valence-corrected chi connectivity index (χ1v) is 16.7. The van der Waals surface area contributed by atoms with Crippen LogP contribution in [0.5, 0.6) is 0 Å². The summed E-state index contributed by atoms with van der Waals surface area (Å²) >= 11 is 0. The molecule has 4 rings (SSSR count). The van der Waals surface area contributed by atoms with Gasteiger partial charge in [0.25, 0.3) is 18.4 Å². The number of rotatable bonds is 10. The number of carbonyl (C=O) groups excluding carboxylic acids is 1. The van der Waals surface area contributed by atoms with Gasteiger partial charge in [0.05, 0.1) is 29.8 Å². The average Bonchev–Trinajstić information content (AvgIpc) is 2.91. The maximum absolute atomic E-state index is 12.8. The second-order valence-electron chi connectivity index (χ2n) is 11.2. The molecular weight excluding hydrogens is 528 g/mol. The van der Waals surface area contributed by atoms with E-state index in [9.17, 15) is 13.2 Å². The summed E-state index contributed by atoms with van der Waals surface area (Å²) in [5.41, 5.74) is 0.963. The molecule has 0 radical (unpaired) electrons. The van der Waals surface area contributed by atoms with Gasteiger partial charge in [0.2, 0.25) is 0 Å². The van der Waals surface area contributed by atoms with Crippen molar-refractivity contribution in [2.45, 2.75) is 75.2 Å². The number of ether oxygens (including phenoxy) is 1. The molecule has 0 bridgehead atoms. The van der Waals surface area contributed by atoms with Gasteiger partial charge in [0, 0.05) is 12.8 Å². The number of hydrogen-bond acceptors (Lipinski definition) is 6. The molecule has 208 valence electrons. The molecule has 0 saturated carbocycles. The van der Waals surface area contributed by atoms with E-state index in [1.165, 1.54) is 12.1 Å². The second kappa shape index (κ2) is 12.3. The van der Waals surface area contributed by atoms with E-state index in [0.717, 1.165) is 22.2 Å². The van der Waals surface area contributed by atoms with Gasteiger partial charge in [-0.05, 0) is 40.9 Å². The summed E-state index contributed by atoms with van der Waals surface area (Å²) in [5.74, 6) is 0. The van der Waals surface area contributed by atoms with E-state index in [4.69, 9.17) is 13.3 Å². The predicted octanol–water partition coefficient (Wildman–Crippen LogP) is 4.78. The summed E-state index contributed by atoms with van der Waals surface area (Å²) in [4.78, 5) is 11.6. The predicted molar refractivity (Wildman–Crippen MR) is 155 cm³/mol. The Morgan fingerprint density at radius 1 is 0.872 bits per heavy atom. The average molecular weight is 567 g/mol. The van der Waals surface area contributed by atoms with Gasteiger partial charge < -0.3 is 14.0 Å². The number of aldehydes is 1. The zero-order valence-electron chi connectivity index (χ0n) is 23.1. The third-order valence-electron chi connectivity index (χ3n) is 7.27. The van der Waals surface area contributed by atoms with Gasteiger partial charge in [-0.2, -0.15) is 8.42 Å². The van der Waals surface area contributed by atoms with Gasteiger partial charge in [-0.3, -0.25) is 4.18 Å². The van der Waals surface area contributed by atoms with E-state index >= 15 is 0 Å². The van der Waals surface area contributed by atoms with Crippen LogP contribution in [0.4, 0.5) is 0 Å². The standard InChI is InChI=1S/C31H38O6SSi/c1-24-15-17-28(18-16-24)38(33,34)35-23-27-22-26(21-25(36-27)19-20-32)37-39(31(2,3)4,29-11-7-5-8-12-29)30-13-9-6-10-14-30/h5-18,20,25-27H,19,21-23H2,1-4H3/t25-,26-,27-/m0/s1. The zero-order chi connectivity index (χ0) is 28.1. The fourth-order valence-corrected chi connectivity index (χ4v) is 11.1. The van der Waals surface area contributed by atoms with Crippen molar-refractivity contribution in [1.82, 2.24) is 0 Å². The van der Waals surface area contributed by atoms with Crippen LogP contribution in [0.15, 0.2) is 89.8 Å². The van der Waals surface area contributed by atoms with Gasteiger partial charge in [0.1, 0.15) is 6.29 Å². The largest absolute Gasteiger partial charge is 0.404 e. The van der Waals surface area contributed by atoms with Crippen LogP contribution in [0.1, 0.15) is 45.6 Å². The molecule has 6 nitrogen and oxygen atoms in total. The summed E-state index contributed by atoms with van der Waals surface area (Å²) in [6, 6.07) is 27.3. The number of hydrogen-bond donors (Lipinski definition) is 0. The molecule has 0 aromatic heterocycles. The Bertz CT molecular complexity index is 1280. The van der Waals surface area contributed by atoms with Gasteiger partial charge in [0.15, 0.2) is 0 Å². The van der Waals surface area contributed by atoms with Crippen molar-refractivity contribution in [2.75, 3.05) is 6.61 Å². The highest BCUT2D eigenvalue weighted by Gasteiger charge is 2.52. The van der Waals surface area contributed by atoms with Crippen molar-refractivity contribution < 1.29 is 26.6 Å². The van der Waals surface area contributed by atoms with E-state index in [-0.39, 0.29) is 35.2 Å². The van der Waals surface area contributed by atoms with Crippen LogP contribution in [-0.4, -0.2) is 47.9 Å². The first-order valence-electron chi connectivity index (χ1n) is 13.4. The van der Waals surface area contributed by atoms with Crippen LogP contribution in [-0.2, 0) is 28.3 Å². The number of benzene rings is 3. The van der Waals surface area contributed by atoms with Gasteiger partial charge >= 0.3 is 0 Å². The highest BCUT2D eigenvalue weighted by Crippen LogP contribution is 2.39. The third-order valence-corrected chi connectivity index (χ3v) is 13.7. The molecule has 1 aliphatic heterocycles. The van der Waals surface area contributed by atoms with Gasteiger partial charge in [-0.25, -0.2) is 0 Å². The van der Waals surface area contributed by atoms with Crippen LogP contribution in [0, 0.1) is 6.92 Å². The molecule has 3 aromatic carbocycles. The van der Waals surface area contributed by atoms with Crippen molar-refractivity contribution in [2.24, 2.45) is 0 Å². The fraction of sp³-hybridized carbons (Fsp3) is 0.387. The Hall–Kier alpha value is -2.62. The molecule has 3 aromatic rings. The summed E-state index contributed by atoms with van der Waals surface area (Å²) < 4.78 is 44.6. The minimum absolute atomic E-state index is 0.105. The molecule has 1 saturated heterocycles. The molecule has 8 heteroatoms. The van der Waals surface area contributed by atoms with Crippen LogP contribution < -0.4 is 10.4 Å². The quantitative estimate of drug-likeness (QED) is 0.200. The van der Waals surface area contributed by atoms with Crippen molar-refractivity contribution in [3.63, 3.8) is 0 Å². The SMILES string of the molecule is Cc1ccc(S(=O)(=O)OC[C@@H]2C[C@@H](O[Si](c3ccccc3)(c3ccccc3)C(C)(C)C)C[C@H](CC=O)O2)cc1. The van der Waals surface area contributed by atoms with Crippen molar-refractivity contribution in [1.29, 1.82) is 0 Å². The molecule has 1 aliphatic rings. The Morgan fingerprint density at radius 2 is 1.41 bits per heavy atom. The smallest absolute Gasteiger partial charge is 0.297 e. The van der Waals surface area contributed by atoms with E-state index in [2.05, 4.69) is 45.0 Å². The molecule has 0 amide bonds. The number of carbonyl (C=O) groups is 1. The van der Waals surface area contributed by atoms with Crippen molar-refractivity contribution in [3.05, 3.63) is 90.5 Å². The Balaban J connectivity index is 1.63. The van der Waals surface area contributed by atoms with Crippen LogP contribution in [0.2, 0.25) is 5.04 Å². The number of aryl methyl sites for hydroxylation is 1. The molecular formula is C31H38O6SSi. The fourth-order valence-electron chi connectivity index (χ4n) is 5.41. The first-order chi connectivity index (χ1) is 18.5. The molecule has 39 heavy (non-hydrogen) atoms. The maximum Gasteiger partial charge on any atom is 0.297 e. The Morgan fingerprint density at radius 3 is 1.92 bits per heavy atom. The Labute approximate surface area is 233 Å². The molecule has 0 unspecified atom stereocenters. The zero-order valence-corrected chi connectivity index (χ0v) is 24.9. The van der Waals surface area contributed by atoms with Crippen LogP contribution >= 0.6 is 0 Å². The van der Waals surface area contributed by atoms with Gasteiger partial charge in [-0.1, -0.05) is 99.1 Å². The maximum atomic E-state index is 12.8. The molecule has 0 aliphatic carbocycles. The summed E-state index contributed by atoms with van der Waals surface area (Å²) in [6.45, 7) is 8.40. The minimum Gasteiger partial charge on any atom is -0.404 e.